The number of fused-ring (bicyclic) bond motifs is 4. The third-order valence-corrected chi connectivity index (χ3v) is 5.06. The second-order valence-electron chi connectivity index (χ2n) is 8.99. The number of nitrogens with one attached hydrogen (secondary N) is 3. The lowest BCUT2D eigenvalue weighted by Gasteiger charge is -2.24. The molecule has 2 heterocycles. The lowest BCUT2D eigenvalue weighted by Crippen LogP contribution is -2.35. The number of nitrogens with zero attached hydrogens (tertiary/aromatic N) is 1. The maximum Gasteiger partial charge on any atom is 0.411 e. The molecule has 2 atom stereocenters. The summed E-state index contributed by atoms with van der Waals surface area (Å²) in [5.74, 6) is -0.641. The van der Waals surface area contributed by atoms with Crippen LogP contribution in [0.15, 0.2) is 48.7 Å². The highest BCUT2D eigenvalue weighted by Gasteiger charge is 2.22. The Morgan fingerprint density at radius 1 is 1.15 bits per heavy atom. The number of hydrogen-bond acceptors (Lipinski definition) is 6. The Balaban J connectivity index is 2.04. The van der Waals surface area contributed by atoms with Crippen LogP contribution in [0, 0.1) is 5.92 Å². The molecule has 0 aliphatic carbocycles. The van der Waals surface area contributed by atoms with Crippen molar-refractivity contribution < 1.29 is 23.9 Å². The van der Waals surface area contributed by atoms with Gasteiger partial charge in [-0.25, -0.2) is 9.59 Å². The van der Waals surface area contributed by atoms with Gasteiger partial charge in [0.2, 0.25) is 5.91 Å². The van der Waals surface area contributed by atoms with Crippen molar-refractivity contribution in [3.8, 4) is 11.1 Å². The topological polar surface area (TPSA) is 119 Å². The third-order valence-electron chi connectivity index (χ3n) is 5.06. The minimum absolute atomic E-state index is 0.209. The summed E-state index contributed by atoms with van der Waals surface area (Å²) in [4.78, 5) is 41.4. The summed E-state index contributed by atoms with van der Waals surface area (Å²) < 4.78 is 10.1. The number of rotatable bonds is 2. The third kappa shape index (κ3) is 6.57. The molecule has 180 valence electrons. The molecule has 3 N–H and O–H groups in total. The second-order valence-corrected chi connectivity index (χ2v) is 8.99. The molecule has 2 aromatic rings. The Bertz CT molecular complexity index is 1110. The first-order valence-electron chi connectivity index (χ1n) is 11.0. The first-order chi connectivity index (χ1) is 16.1. The summed E-state index contributed by atoms with van der Waals surface area (Å²) in [6, 6.07) is 8.40. The number of hydrogen-bond donors (Lipinski definition) is 3. The van der Waals surface area contributed by atoms with Gasteiger partial charge in [-0.3, -0.25) is 15.1 Å². The fraction of sp³-hybridized carbons (Fsp3) is 0.360. The van der Waals surface area contributed by atoms with Crippen LogP contribution in [-0.4, -0.2) is 35.8 Å². The van der Waals surface area contributed by atoms with E-state index in [9.17, 15) is 14.4 Å². The van der Waals surface area contributed by atoms with E-state index in [0.717, 1.165) is 11.1 Å². The highest BCUT2D eigenvalue weighted by Crippen LogP contribution is 2.33. The van der Waals surface area contributed by atoms with Gasteiger partial charge in [-0.15, -0.1) is 0 Å². The smallest absolute Gasteiger partial charge is 0.411 e. The highest BCUT2D eigenvalue weighted by molar-refractivity contribution is 5.99. The quantitative estimate of drug-likeness (QED) is 0.534. The van der Waals surface area contributed by atoms with Gasteiger partial charge in [-0.1, -0.05) is 25.1 Å². The van der Waals surface area contributed by atoms with Crippen LogP contribution in [0.25, 0.3) is 11.1 Å². The van der Waals surface area contributed by atoms with Crippen molar-refractivity contribution in [1.29, 1.82) is 0 Å². The predicted octanol–water partition coefficient (Wildman–Crippen LogP) is 5.03. The molecule has 1 aliphatic heterocycles. The molecule has 0 radical (unpaired) electrons. The first kappa shape index (κ1) is 24.8. The van der Waals surface area contributed by atoms with Crippen molar-refractivity contribution in [2.24, 2.45) is 5.92 Å². The van der Waals surface area contributed by atoms with Crippen LogP contribution >= 0.6 is 0 Å². The van der Waals surface area contributed by atoms with Gasteiger partial charge in [-0.05, 0) is 57.0 Å². The molecule has 1 aliphatic rings. The minimum Gasteiger partial charge on any atom is -0.453 e. The maximum atomic E-state index is 12.8. The SMILES string of the molecule is COC(=O)Nc1ccc2c(c1)NC(=O)[C@H](C)/C=C\C[C@H](NC(=O)OC(C)(C)C)c1cc-2ccn1. The van der Waals surface area contributed by atoms with E-state index in [4.69, 9.17) is 4.74 Å². The largest absolute Gasteiger partial charge is 0.453 e. The number of anilines is 2. The van der Waals surface area contributed by atoms with E-state index in [2.05, 4.69) is 25.7 Å². The van der Waals surface area contributed by atoms with Gasteiger partial charge in [0.1, 0.15) is 5.60 Å². The molecule has 0 saturated heterocycles. The lowest BCUT2D eigenvalue weighted by atomic mass is 9.98. The molecule has 1 aromatic carbocycles. The Kier molecular flexibility index (Phi) is 7.55. The molecule has 3 rings (SSSR count). The summed E-state index contributed by atoms with van der Waals surface area (Å²) in [6.45, 7) is 7.17. The molecule has 0 fully saturated rings. The highest BCUT2D eigenvalue weighted by atomic mass is 16.6. The van der Waals surface area contributed by atoms with Crippen molar-refractivity contribution in [3.05, 3.63) is 54.4 Å². The van der Waals surface area contributed by atoms with Crippen molar-refractivity contribution in [2.75, 3.05) is 17.7 Å². The Morgan fingerprint density at radius 2 is 1.91 bits per heavy atom. The van der Waals surface area contributed by atoms with Crippen LogP contribution in [0.4, 0.5) is 21.0 Å². The van der Waals surface area contributed by atoms with Gasteiger partial charge in [0.25, 0.3) is 0 Å². The summed E-state index contributed by atoms with van der Waals surface area (Å²) >= 11 is 0. The minimum atomic E-state index is -0.637. The summed E-state index contributed by atoms with van der Waals surface area (Å²) in [5, 5.41) is 8.44. The van der Waals surface area contributed by atoms with E-state index in [1.807, 2.05) is 18.2 Å². The zero-order valence-corrected chi connectivity index (χ0v) is 20.0. The van der Waals surface area contributed by atoms with Crippen LogP contribution in [0.3, 0.4) is 0 Å². The monoisotopic (exact) mass is 466 g/mol. The second kappa shape index (κ2) is 10.4. The molecule has 0 saturated carbocycles. The van der Waals surface area contributed by atoms with E-state index in [1.54, 1.807) is 58.2 Å². The number of benzene rings is 1. The molecule has 3 amide bonds. The molecular weight excluding hydrogens is 436 g/mol. The molecular formula is C25H30N4O5. The Hall–Kier alpha value is -3.88. The van der Waals surface area contributed by atoms with Gasteiger partial charge in [0, 0.05) is 17.4 Å². The number of alkyl carbamates (subject to hydrolysis) is 1. The molecule has 9 heteroatoms. The Labute approximate surface area is 198 Å². The van der Waals surface area contributed by atoms with Crippen molar-refractivity contribution in [3.63, 3.8) is 0 Å². The normalized spacial score (nSPS) is 18.8. The van der Waals surface area contributed by atoms with E-state index in [1.165, 1.54) is 7.11 Å². The van der Waals surface area contributed by atoms with Gasteiger partial charge < -0.3 is 20.1 Å². The number of carbonyl (C=O) groups is 3. The van der Waals surface area contributed by atoms with Gasteiger partial charge >= 0.3 is 12.2 Å². The molecule has 0 spiro atoms. The Morgan fingerprint density at radius 3 is 2.62 bits per heavy atom. The van der Waals surface area contributed by atoms with E-state index >= 15 is 0 Å². The average molecular weight is 467 g/mol. The van der Waals surface area contributed by atoms with Crippen LogP contribution in [-0.2, 0) is 14.3 Å². The zero-order valence-electron chi connectivity index (χ0n) is 20.0. The lowest BCUT2D eigenvalue weighted by molar-refractivity contribution is -0.118. The van der Waals surface area contributed by atoms with Crippen LogP contribution in [0.5, 0.6) is 0 Å². The number of methoxy groups -OCH3 is 1. The summed E-state index contributed by atoms with van der Waals surface area (Å²) in [7, 11) is 1.28. The first-order valence-corrected chi connectivity index (χ1v) is 11.0. The fourth-order valence-corrected chi connectivity index (χ4v) is 3.41. The molecule has 1 aromatic heterocycles. The zero-order chi connectivity index (χ0) is 24.9. The van der Waals surface area contributed by atoms with E-state index in [0.29, 0.717) is 23.5 Å². The fourth-order valence-electron chi connectivity index (χ4n) is 3.41. The van der Waals surface area contributed by atoms with Crippen molar-refractivity contribution in [2.45, 2.75) is 45.8 Å². The average Bonchev–Trinajstić information content (AvgIpc) is 2.76. The molecule has 34 heavy (non-hydrogen) atoms. The van der Waals surface area contributed by atoms with Crippen molar-refractivity contribution >= 4 is 29.5 Å². The van der Waals surface area contributed by atoms with Crippen molar-refractivity contribution in [1.82, 2.24) is 10.3 Å². The van der Waals surface area contributed by atoms with Gasteiger partial charge in [0.05, 0.1) is 30.5 Å². The number of amides is 3. The number of pyridine rings is 1. The number of carbonyl (C=O) groups excluding carboxylic acids is 3. The van der Waals surface area contributed by atoms with Crippen LogP contribution in [0.1, 0.15) is 45.9 Å². The maximum absolute atomic E-state index is 12.8. The van der Waals surface area contributed by atoms with Gasteiger partial charge in [-0.2, -0.15) is 0 Å². The van der Waals surface area contributed by atoms with Crippen LogP contribution < -0.4 is 16.0 Å². The summed E-state index contributed by atoms with van der Waals surface area (Å²) in [6.07, 6.45) is 4.55. The summed E-state index contributed by atoms with van der Waals surface area (Å²) in [5.41, 5.74) is 2.53. The molecule has 9 nitrogen and oxygen atoms in total. The van der Waals surface area contributed by atoms with E-state index < -0.39 is 29.7 Å². The number of ether oxygens (including phenoxy) is 2. The molecule has 2 bridgehead atoms. The van der Waals surface area contributed by atoms with Crippen LogP contribution in [0.2, 0.25) is 0 Å². The molecule has 0 unspecified atom stereocenters. The standard InChI is InChI=1S/C25H30N4O5/c1-15-7-6-8-19(29-24(32)34-25(2,3)4)21-13-16(11-12-26-21)18-10-9-17(27-23(31)33-5)14-20(18)28-22(15)30/h6-7,9-15,19H,8H2,1-5H3,(H,27,31)(H,28,30)(H,29,32)/b7-6-/t15-,19+/m1/s1. The van der Waals surface area contributed by atoms with Gasteiger partial charge in [0.15, 0.2) is 0 Å². The number of aromatic nitrogens is 1. The van der Waals surface area contributed by atoms with E-state index in [-0.39, 0.29) is 5.91 Å². The predicted molar refractivity (Wildman–Crippen MR) is 129 cm³/mol.